The van der Waals surface area contributed by atoms with Gasteiger partial charge in [-0.25, -0.2) is 4.21 Å². The quantitative estimate of drug-likeness (QED) is 0.509. The molecule has 2 unspecified atom stereocenters. The van der Waals surface area contributed by atoms with Crippen LogP contribution in [-0.2, 0) is 23.9 Å². The van der Waals surface area contributed by atoms with Crippen molar-refractivity contribution in [2.75, 3.05) is 5.32 Å². The lowest BCUT2D eigenvalue weighted by Gasteiger charge is -2.18. The van der Waals surface area contributed by atoms with Gasteiger partial charge in [0.05, 0.1) is 5.69 Å². The smallest absolute Gasteiger partial charge is 0.235 e. The van der Waals surface area contributed by atoms with Crippen molar-refractivity contribution < 1.29 is 8.76 Å². The largest absolute Gasteiger partial charge is 0.349 e. The molecule has 0 saturated carbocycles. The van der Waals surface area contributed by atoms with Crippen molar-refractivity contribution in [3.05, 3.63) is 23.3 Å². The van der Waals surface area contributed by atoms with Crippen molar-refractivity contribution in [3.63, 3.8) is 0 Å². The van der Waals surface area contributed by atoms with Crippen LogP contribution in [0.2, 0.25) is 0 Å². The summed E-state index contributed by atoms with van der Waals surface area (Å²) in [5.41, 5.74) is 3.47. The van der Waals surface area contributed by atoms with E-state index in [-0.39, 0.29) is 6.15 Å². The number of thiol groups is 1. The van der Waals surface area contributed by atoms with E-state index < -0.39 is 14.6 Å². The molecule has 0 bridgehead atoms. The molecule has 0 radical (unpaired) electrons. The molecule has 18 heavy (non-hydrogen) atoms. The third-order valence-electron chi connectivity index (χ3n) is 2.87. The molecule has 7 heteroatoms. The molecule has 0 aromatic heterocycles. The fourth-order valence-electron chi connectivity index (χ4n) is 2.04. The minimum Gasteiger partial charge on any atom is -0.349 e. The minimum atomic E-state index is -2.04. The van der Waals surface area contributed by atoms with Crippen LogP contribution in [-0.4, -0.2) is 12.3 Å². The zero-order valence-electron chi connectivity index (χ0n) is 10.4. The fraction of sp³-hybridized carbons (Fsp3) is 0.455. The van der Waals surface area contributed by atoms with Gasteiger partial charge in [-0.1, -0.05) is 31.7 Å². The number of anilines is 1. The second-order valence-corrected chi connectivity index (χ2v) is 7.74. The average molecular weight is 306 g/mol. The van der Waals surface area contributed by atoms with Gasteiger partial charge in [0.25, 0.3) is 0 Å². The van der Waals surface area contributed by atoms with Crippen LogP contribution in [0.25, 0.3) is 0 Å². The molecule has 102 valence electrons. The van der Waals surface area contributed by atoms with Gasteiger partial charge in [-0.3, -0.25) is 0 Å². The van der Waals surface area contributed by atoms with Gasteiger partial charge < -0.3 is 16.0 Å². The summed E-state index contributed by atoms with van der Waals surface area (Å²) in [4.78, 5) is 0.997. The van der Waals surface area contributed by atoms with Gasteiger partial charge >= 0.3 is 0 Å². The molecule has 1 aliphatic heterocycles. The first-order valence-corrected chi connectivity index (χ1v) is 7.84. The Morgan fingerprint density at radius 3 is 2.61 bits per heavy atom. The van der Waals surface area contributed by atoms with E-state index in [1.54, 1.807) is 0 Å². The lowest BCUT2D eigenvalue weighted by Crippen LogP contribution is -2.29. The van der Waals surface area contributed by atoms with Crippen LogP contribution in [0.4, 0.5) is 5.69 Å². The average Bonchev–Trinajstić information content (AvgIpc) is 2.65. The second-order valence-electron chi connectivity index (χ2n) is 3.84. The Kier molecular flexibility index (Phi) is 5.13. The summed E-state index contributed by atoms with van der Waals surface area (Å²) < 4.78 is 19.5. The molecule has 1 aromatic carbocycles. The van der Waals surface area contributed by atoms with E-state index in [9.17, 15) is 8.76 Å². The topological polar surface area (TPSA) is 84.3 Å². The number of benzene rings is 1. The minimum absolute atomic E-state index is 0. The van der Waals surface area contributed by atoms with Gasteiger partial charge in [-0.2, -0.15) is 0 Å². The Labute approximate surface area is 120 Å². The Bertz CT molecular complexity index is 482. The predicted molar refractivity (Wildman–Crippen MR) is 82.2 cm³/mol. The number of rotatable bonds is 3. The van der Waals surface area contributed by atoms with Crippen LogP contribution in [0.3, 0.4) is 0 Å². The maximum atomic E-state index is 11.3. The number of hydrogen-bond donors (Lipinski definition) is 4. The monoisotopic (exact) mass is 306 g/mol. The number of fused-ring (bicyclic) bond motifs is 1. The number of hydrogen-bond acceptors (Lipinski definition) is 5. The van der Waals surface area contributed by atoms with Gasteiger partial charge in [-0.05, 0) is 30.0 Å². The van der Waals surface area contributed by atoms with Crippen LogP contribution in [0.5, 0.6) is 0 Å². The number of nitrogens with one attached hydrogen (secondary N) is 1. The van der Waals surface area contributed by atoms with Crippen molar-refractivity contribution in [1.29, 1.82) is 0 Å². The maximum absolute atomic E-state index is 11.3. The first-order valence-electron chi connectivity index (χ1n) is 5.47. The first kappa shape index (κ1) is 15.8. The Morgan fingerprint density at radius 1 is 1.44 bits per heavy atom. The Balaban J connectivity index is 0.00000162. The van der Waals surface area contributed by atoms with E-state index in [0.717, 1.165) is 23.4 Å². The molecule has 0 aliphatic carbocycles. The molecule has 5 N–H and O–H groups in total. The van der Waals surface area contributed by atoms with Gasteiger partial charge in [0.2, 0.25) is 14.6 Å². The van der Waals surface area contributed by atoms with Gasteiger partial charge in [0.15, 0.2) is 0 Å². The van der Waals surface area contributed by atoms with E-state index >= 15 is 0 Å². The molecule has 0 amide bonds. The standard InChI is InChI=1S/C11H15NO2S3.H3N/c1-3-7-5-6-9-10(8(7)4-2)12-11(15,16-9)17(13)14;/h5-6,12,15H,3-4H2,1-2H3,(H,13,14);1H3. The summed E-state index contributed by atoms with van der Waals surface area (Å²) in [6, 6.07) is 4.09. The van der Waals surface area contributed by atoms with E-state index in [1.165, 1.54) is 22.9 Å². The van der Waals surface area contributed by atoms with E-state index in [4.69, 9.17) is 0 Å². The first-order chi connectivity index (χ1) is 8.01. The molecule has 1 aliphatic rings. The van der Waals surface area contributed by atoms with Crippen LogP contribution in [0, 0.1) is 0 Å². The summed E-state index contributed by atoms with van der Waals surface area (Å²) in [6.45, 7) is 4.21. The van der Waals surface area contributed by atoms with Crippen molar-refractivity contribution in [1.82, 2.24) is 6.15 Å². The highest BCUT2D eigenvalue weighted by atomic mass is 32.3. The van der Waals surface area contributed by atoms with Gasteiger partial charge in [0, 0.05) is 4.90 Å². The van der Waals surface area contributed by atoms with Crippen molar-refractivity contribution >= 4 is 41.2 Å². The molecular weight excluding hydrogens is 288 g/mol. The van der Waals surface area contributed by atoms with Crippen molar-refractivity contribution in [2.45, 2.75) is 35.1 Å². The molecule has 2 atom stereocenters. The third-order valence-corrected chi connectivity index (χ3v) is 5.92. The lowest BCUT2D eigenvalue weighted by molar-refractivity contribution is 0.561. The third kappa shape index (κ3) is 2.55. The van der Waals surface area contributed by atoms with Crippen LogP contribution in [0.15, 0.2) is 17.0 Å². The molecule has 1 heterocycles. The molecule has 0 spiro atoms. The SMILES string of the molecule is CCc1ccc2c(c1CC)NC(S)(S(=O)O)S2.N. The summed E-state index contributed by atoms with van der Waals surface area (Å²) in [5.74, 6) is 0. The summed E-state index contributed by atoms with van der Waals surface area (Å²) in [7, 11) is 0. The molecule has 0 fully saturated rings. The molecule has 0 saturated heterocycles. The molecule has 4 nitrogen and oxygen atoms in total. The van der Waals surface area contributed by atoms with Crippen molar-refractivity contribution in [3.8, 4) is 0 Å². The highest BCUT2D eigenvalue weighted by Gasteiger charge is 2.41. The number of thioether (sulfide) groups is 1. The van der Waals surface area contributed by atoms with E-state index in [1.807, 2.05) is 6.07 Å². The Morgan fingerprint density at radius 2 is 2.11 bits per heavy atom. The van der Waals surface area contributed by atoms with Crippen molar-refractivity contribution in [2.24, 2.45) is 0 Å². The fourth-order valence-corrected chi connectivity index (χ4v) is 4.05. The van der Waals surface area contributed by atoms with Crippen LogP contribution < -0.4 is 11.5 Å². The predicted octanol–water partition coefficient (Wildman–Crippen LogP) is 3.25. The van der Waals surface area contributed by atoms with Crippen LogP contribution in [0.1, 0.15) is 25.0 Å². The van der Waals surface area contributed by atoms with Gasteiger partial charge in [-0.15, -0.1) is 12.6 Å². The second kappa shape index (κ2) is 5.83. The summed E-state index contributed by atoms with van der Waals surface area (Å²) in [5, 5.41) is 3.08. The molecular formula is C11H18N2O2S3. The normalized spacial score (nSPS) is 22.9. The Hall–Kier alpha value is -0.210. The molecule has 1 aromatic rings. The zero-order chi connectivity index (χ0) is 12.6. The summed E-state index contributed by atoms with van der Waals surface area (Å²) >= 11 is 3.53. The highest BCUT2D eigenvalue weighted by Crippen LogP contribution is 2.50. The van der Waals surface area contributed by atoms with E-state index in [2.05, 4.69) is 37.9 Å². The van der Waals surface area contributed by atoms with Gasteiger partial charge in [0.1, 0.15) is 0 Å². The highest BCUT2D eigenvalue weighted by molar-refractivity contribution is 8.24. The number of aryl methyl sites for hydroxylation is 1. The van der Waals surface area contributed by atoms with Crippen LogP contribution >= 0.6 is 24.4 Å². The summed E-state index contributed by atoms with van der Waals surface area (Å²) in [6.07, 6.45) is 1.87. The molecule has 2 rings (SSSR count). The lowest BCUT2D eigenvalue weighted by atomic mass is 10.0. The van der Waals surface area contributed by atoms with E-state index in [0.29, 0.717) is 0 Å². The zero-order valence-corrected chi connectivity index (χ0v) is 12.9. The maximum Gasteiger partial charge on any atom is 0.235 e.